The van der Waals surface area contributed by atoms with Crippen molar-refractivity contribution in [1.82, 2.24) is 25.2 Å². The highest BCUT2D eigenvalue weighted by Crippen LogP contribution is 2.16. The Kier molecular flexibility index (Phi) is 5.56. The third-order valence-electron chi connectivity index (χ3n) is 5.17. The summed E-state index contributed by atoms with van der Waals surface area (Å²) in [5.74, 6) is -0.486. The van der Waals surface area contributed by atoms with Crippen molar-refractivity contribution >= 4 is 11.8 Å². The first-order valence-electron chi connectivity index (χ1n) is 9.83. The predicted octanol–water partition coefficient (Wildman–Crippen LogP) is 2.77. The minimum absolute atomic E-state index is 0.188. The largest absolute Gasteiger partial charge is 0.347 e. The van der Waals surface area contributed by atoms with Crippen LogP contribution in [0.3, 0.4) is 0 Å². The van der Waals surface area contributed by atoms with Gasteiger partial charge in [-0.1, -0.05) is 29.5 Å². The molecule has 30 heavy (non-hydrogen) atoms. The van der Waals surface area contributed by atoms with Crippen molar-refractivity contribution in [3.05, 3.63) is 76.9 Å². The second kappa shape index (κ2) is 8.44. The molecule has 7 nitrogen and oxygen atoms in total. The highest BCUT2D eigenvalue weighted by atomic mass is 19.1. The van der Waals surface area contributed by atoms with Crippen molar-refractivity contribution in [2.45, 2.75) is 32.9 Å². The molecule has 1 N–H and O–H groups in total. The van der Waals surface area contributed by atoms with Crippen molar-refractivity contribution in [3.63, 3.8) is 0 Å². The first kappa shape index (κ1) is 19.8. The van der Waals surface area contributed by atoms with Gasteiger partial charge in [-0.3, -0.25) is 9.59 Å². The molecule has 1 saturated heterocycles. The van der Waals surface area contributed by atoms with Crippen LogP contribution in [-0.2, 0) is 17.9 Å². The smallest absolute Gasteiger partial charge is 0.274 e. The number of halogens is 1. The zero-order valence-corrected chi connectivity index (χ0v) is 16.6. The molecule has 0 bridgehead atoms. The highest BCUT2D eigenvalue weighted by molar-refractivity contribution is 5.93. The van der Waals surface area contributed by atoms with Crippen LogP contribution in [0, 0.1) is 12.7 Å². The molecule has 2 aromatic carbocycles. The summed E-state index contributed by atoms with van der Waals surface area (Å²) in [5, 5.41) is 10.9. The van der Waals surface area contributed by atoms with Gasteiger partial charge in [-0.05, 0) is 48.7 Å². The molecule has 1 aliphatic rings. The summed E-state index contributed by atoms with van der Waals surface area (Å²) < 4.78 is 14.6. The number of carbonyl (C=O) groups excluding carboxylic acids is 2. The fraction of sp³-hybridized carbons (Fsp3) is 0.273. The number of likely N-dealkylation sites (tertiary alicyclic amines) is 1. The average molecular weight is 407 g/mol. The lowest BCUT2D eigenvalue weighted by molar-refractivity contribution is -0.128. The summed E-state index contributed by atoms with van der Waals surface area (Å²) in [5.41, 5.74) is 3.40. The molecule has 2 amide bonds. The lowest BCUT2D eigenvalue weighted by atomic mass is 10.1. The predicted molar refractivity (Wildman–Crippen MR) is 108 cm³/mol. The van der Waals surface area contributed by atoms with Crippen LogP contribution in [0.15, 0.2) is 48.5 Å². The van der Waals surface area contributed by atoms with Gasteiger partial charge in [0.15, 0.2) is 5.69 Å². The SMILES string of the molecule is Cc1c(C(=O)NCc2cccc(CN3CCCC3=O)c2)nnn1-c1ccc(F)cc1. The Morgan fingerprint density at radius 2 is 1.93 bits per heavy atom. The normalized spacial score (nSPS) is 13.7. The standard InChI is InChI=1S/C22H22FN5O2/c1-15-21(25-26-28(15)19-9-7-18(23)8-10-19)22(30)24-13-16-4-2-5-17(12-16)14-27-11-3-6-20(27)29/h2,4-5,7-10,12H,3,6,11,13-14H2,1H3,(H,24,30). The average Bonchev–Trinajstić information content (AvgIpc) is 3.33. The molecule has 1 aliphatic heterocycles. The molecule has 0 unspecified atom stereocenters. The molecule has 0 spiro atoms. The topological polar surface area (TPSA) is 80.1 Å². The Labute approximate surface area is 173 Å². The monoisotopic (exact) mass is 407 g/mol. The fourth-order valence-corrected chi connectivity index (χ4v) is 3.56. The number of benzene rings is 2. The lowest BCUT2D eigenvalue weighted by Gasteiger charge is -2.16. The van der Waals surface area contributed by atoms with Crippen molar-refractivity contribution in [2.24, 2.45) is 0 Å². The van der Waals surface area contributed by atoms with E-state index >= 15 is 0 Å². The quantitative estimate of drug-likeness (QED) is 0.681. The van der Waals surface area contributed by atoms with E-state index < -0.39 is 0 Å². The Balaban J connectivity index is 1.41. The molecule has 0 saturated carbocycles. The first-order chi connectivity index (χ1) is 14.5. The zero-order chi connectivity index (χ0) is 21.1. The maximum atomic E-state index is 13.1. The molecule has 3 aromatic rings. The zero-order valence-electron chi connectivity index (χ0n) is 16.6. The van der Waals surface area contributed by atoms with E-state index in [0.29, 0.717) is 30.9 Å². The summed E-state index contributed by atoms with van der Waals surface area (Å²) >= 11 is 0. The Hall–Kier alpha value is -3.55. The summed E-state index contributed by atoms with van der Waals surface area (Å²) in [7, 11) is 0. The highest BCUT2D eigenvalue weighted by Gasteiger charge is 2.20. The third-order valence-corrected chi connectivity index (χ3v) is 5.17. The van der Waals surface area contributed by atoms with E-state index in [1.54, 1.807) is 19.1 Å². The number of aromatic nitrogens is 3. The number of carbonyl (C=O) groups is 2. The van der Waals surface area contributed by atoms with Crippen LogP contribution in [0.5, 0.6) is 0 Å². The van der Waals surface area contributed by atoms with Gasteiger partial charge < -0.3 is 10.2 Å². The minimum Gasteiger partial charge on any atom is -0.347 e. The van der Waals surface area contributed by atoms with Gasteiger partial charge in [-0.2, -0.15) is 0 Å². The molecule has 2 heterocycles. The van der Waals surface area contributed by atoms with Crippen LogP contribution in [0.2, 0.25) is 0 Å². The number of rotatable bonds is 6. The van der Waals surface area contributed by atoms with Crippen molar-refractivity contribution in [1.29, 1.82) is 0 Å². The minimum atomic E-state index is -0.342. The van der Waals surface area contributed by atoms with E-state index in [9.17, 15) is 14.0 Å². The number of amides is 2. The van der Waals surface area contributed by atoms with Crippen LogP contribution < -0.4 is 5.32 Å². The fourth-order valence-electron chi connectivity index (χ4n) is 3.56. The molecule has 8 heteroatoms. The Morgan fingerprint density at radius 1 is 1.17 bits per heavy atom. The number of hydrogen-bond acceptors (Lipinski definition) is 4. The molecule has 4 rings (SSSR count). The summed E-state index contributed by atoms with van der Waals surface area (Å²) in [6.45, 7) is 3.46. The van der Waals surface area contributed by atoms with Gasteiger partial charge in [0.1, 0.15) is 5.82 Å². The van der Waals surface area contributed by atoms with Crippen LogP contribution in [0.1, 0.15) is 40.2 Å². The Bertz CT molecular complexity index is 1080. The molecular weight excluding hydrogens is 385 g/mol. The first-order valence-corrected chi connectivity index (χ1v) is 9.83. The summed E-state index contributed by atoms with van der Waals surface area (Å²) in [4.78, 5) is 26.3. The maximum Gasteiger partial charge on any atom is 0.274 e. The van der Waals surface area contributed by atoms with E-state index in [-0.39, 0.29) is 23.3 Å². The molecule has 1 fully saturated rings. The van der Waals surface area contributed by atoms with Crippen molar-refractivity contribution in [3.8, 4) is 5.69 Å². The van der Waals surface area contributed by atoms with Gasteiger partial charge in [0.05, 0.1) is 11.4 Å². The van der Waals surface area contributed by atoms with E-state index in [2.05, 4.69) is 15.6 Å². The molecule has 0 radical (unpaired) electrons. The molecule has 0 atom stereocenters. The molecule has 154 valence electrons. The molecule has 0 aliphatic carbocycles. The lowest BCUT2D eigenvalue weighted by Crippen LogP contribution is -2.25. The van der Waals surface area contributed by atoms with Gasteiger partial charge in [-0.15, -0.1) is 5.10 Å². The van der Waals surface area contributed by atoms with Gasteiger partial charge >= 0.3 is 0 Å². The molecule has 1 aromatic heterocycles. The Morgan fingerprint density at radius 3 is 2.67 bits per heavy atom. The molecular formula is C22H22FN5O2. The van der Waals surface area contributed by atoms with Gasteiger partial charge in [0.2, 0.25) is 5.91 Å². The van der Waals surface area contributed by atoms with E-state index in [4.69, 9.17) is 0 Å². The maximum absolute atomic E-state index is 13.1. The van der Waals surface area contributed by atoms with E-state index in [1.807, 2.05) is 29.2 Å². The van der Waals surface area contributed by atoms with Crippen LogP contribution in [0.4, 0.5) is 4.39 Å². The van der Waals surface area contributed by atoms with Crippen molar-refractivity contribution < 1.29 is 14.0 Å². The van der Waals surface area contributed by atoms with Gasteiger partial charge in [0.25, 0.3) is 5.91 Å². The van der Waals surface area contributed by atoms with Crippen molar-refractivity contribution in [2.75, 3.05) is 6.54 Å². The third kappa shape index (κ3) is 4.22. The van der Waals surface area contributed by atoms with E-state index in [1.165, 1.54) is 16.8 Å². The number of nitrogens with one attached hydrogen (secondary N) is 1. The number of nitrogens with zero attached hydrogens (tertiary/aromatic N) is 4. The second-order valence-electron chi connectivity index (χ2n) is 7.33. The summed E-state index contributed by atoms with van der Waals surface area (Å²) in [6, 6.07) is 13.6. The van der Waals surface area contributed by atoms with Gasteiger partial charge in [0, 0.05) is 26.1 Å². The second-order valence-corrected chi connectivity index (χ2v) is 7.33. The van der Waals surface area contributed by atoms with Crippen LogP contribution >= 0.6 is 0 Å². The van der Waals surface area contributed by atoms with Gasteiger partial charge in [-0.25, -0.2) is 9.07 Å². The summed E-state index contributed by atoms with van der Waals surface area (Å²) in [6.07, 6.45) is 1.53. The van der Waals surface area contributed by atoms with E-state index in [0.717, 1.165) is 24.1 Å². The number of hydrogen-bond donors (Lipinski definition) is 1. The van der Waals surface area contributed by atoms with Crippen LogP contribution in [-0.4, -0.2) is 38.3 Å². The van der Waals surface area contributed by atoms with Crippen LogP contribution in [0.25, 0.3) is 5.69 Å².